The van der Waals surface area contributed by atoms with Crippen LogP contribution in [0.2, 0.25) is 0 Å². The molecule has 80 heavy (non-hydrogen) atoms. The van der Waals surface area contributed by atoms with E-state index in [0.717, 1.165) is 64.2 Å². The average Bonchev–Trinajstić information content (AvgIpc) is 3.42. The Morgan fingerprint density at radius 2 is 0.762 bits per heavy atom. The molecular weight excluding hydrogens is 1010 g/mol. The van der Waals surface area contributed by atoms with Crippen LogP contribution in [0.5, 0.6) is 0 Å². The molecule has 0 saturated heterocycles. The Hall–Kier alpha value is -2.06. The summed E-state index contributed by atoms with van der Waals surface area (Å²) >= 11 is 0. The van der Waals surface area contributed by atoms with Gasteiger partial charge in [-0.1, -0.05) is 318 Å². The molecule has 0 rings (SSSR count). The average molecular weight is 1140 g/mol. The predicted octanol–water partition coefficient (Wildman–Crippen LogP) is 21.8. The van der Waals surface area contributed by atoms with E-state index in [2.05, 4.69) is 79.9 Å². The Kier molecular flexibility index (Phi) is 59.9. The SMILES string of the molecule is CC/C=C\C/C=C\C/C=C\C/C=C\CCCCCCCCCCCCCCCCCCC(=O)NC(COP(=O)(O)OCC[N+](C)(C)C)C(O)/C=C/CC/C=C/CCCCCCCCCCCCCCCCCCCCCCCCC. The Labute approximate surface area is 497 Å². The van der Waals surface area contributed by atoms with Crippen LogP contribution in [0.4, 0.5) is 0 Å². The molecule has 0 aromatic rings. The lowest BCUT2D eigenvalue weighted by Crippen LogP contribution is -2.45. The number of quaternary nitrogens is 1. The first kappa shape index (κ1) is 77.9. The van der Waals surface area contributed by atoms with E-state index in [4.69, 9.17) is 9.05 Å². The molecular formula is C71H134N2O6P+. The summed E-state index contributed by atoms with van der Waals surface area (Å²) < 4.78 is 23.8. The van der Waals surface area contributed by atoms with Crippen molar-refractivity contribution in [1.82, 2.24) is 5.32 Å². The fourth-order valence-electron chi connectivity index (χ4n) is 10.1. The van der Waals surface area contributed by atoms with Crippen molar-refractivity contribution in [3.05, 3.63) is 72.9 Å². The van der Waals surface area contributed by atoms with Gasteiger partial charge in [0.25, 0.3) is 0 Å². The number of aliphatic hydroxyl groups is 1. The molecule has 3 unspecified atom stereocenters. The highest BCUT2D eigenvalue weighted by Crippen LogP contribution is 2.43. The standard InChI is InChI=1S/C71H133N2O6P/c1-6-8-10-12-14-16-18-20-22-24-26-28-30-32-34-36-38-40-42-44-46-48-50-52-54-56-58-60-62-64-70(74)69(68-79-80(76,77)78-67-66-73(3,4)5)72-71(75)65-63-61-59-57-55-53-51-49-47-45-43-41-39-37-35-33-31-29-27-25-23-21-19-17-15-13-11-9-7-2/h9,11,15,17,21,23,27,29,54,56,62,64,69-70,74H,6-8,10,12-14,16,18-20,22,24-26,28,30-53,55,57-61,63,65-68H2,1-5H3,(H-,72,75,76,77)/p+1/b11-9-,17-15-,23-21-,29-27-,56-54+,64-62+. The molecule has 0 spiro atoms. The van der Waals surface area contributed by atoms with Crippen molar-refractivity contribution < 1.29 is 32.9 Å². The number of carbonyl (C=O) groups excluding carboxylic acids is 1. The minimum atomic E-state index is -4.36. The zero-order valence-corrected chi connectivity index (χ0v) is 54.5. The Morgan fingerprint density at radius 1 is 0.438 bits per heavy atom. The van der Waals surface area contributed by atoms with Gasteiger partial charge in [-0.15, -0.1) is 0 Å². The van der Waals surface area contributed by atoms with E-state index >= 15 is 0 Å². The first-order chi connectivity index (χ1) is 39.0. The zero-order valence-electron chi connectivity index (χ0n) is 53.6. The fourth-order valence-corrected chi connectivity index (χ4v) is 10.8. The van der Waals surface area contributed by atoms with Gasteiger partial charge in [0.15, 0.2) is 0 Å². The number of allylic oxidation sites excluding steroid dienone is 11. The Balaban J connectivity index is 4.11. The molecule has 1 amide bonds. The van der Waals surface area contributed by atoms with E-state index in [1.807, 2.05) is 27.2 Å². The van der Waals surface area contributed by atoms with E-state index in [1.165, 1.54) is 238 Å². The third-order valence-electron chi connectivity index (χ3n) is 15.4. The first-order valence-corrected chi connectivity index (χ1v) is 35.8. The summed E-state index contributed by atoms with van der Waals surface area (Å²) in [5.74, 6) is -0.184. The van der Waals surface area contributed by atoms with Crippen molar-refractivity contribution in [2.75, 3.05) is 40.9 Å². The number of rotatable bonds is 63. The number of aliphatic hydroxyl groups excluding tert-OH is 1. The number of phosphoric acid groups is 1. The van der Waals surface area contributed by atoms with Gasteiger partial charge in [-0.05, 0) is 70.6 Å². The van der Waals surface area contributed by atoms with Gasteiger partial charge in [0, 0.05) is 6.42 Å². The molecule has 9 heteroatoms. The molecule has 0 fully saturated rings. The second-order valence-electron chi connectivity index (χ2n) is 24.5. The van der Waals surface area contributed by atoms with Gasteiger partial charge in [-0.3, -0.25) is 13.8 Å². The van der Waals surface area contributed by atoms with Crippen LogP contribution in [0.1, 0.15) is 322 Å². The molecule has 0 aliphatic heterocycles. The molecule has 0 aromatic heterocycles. The fraction of sp³-hybridized carbons (Fsp3) is 0.817. The topological polar surface area (TPSA) is 105 Å². The maximum absolute atomic E-state index is 13.0. The molecule has 0 aromatic carbocycles. The van der Waals surface area contributed by atoms with Gasteiger partial charge in [0.05, 0.1) is 39.9 Å². The summed E-state index contributed by atoms with van der Waals surface area (Å²) in [4.78, 5) is 23.4. The monoisotopic (exact) mass is 1140 g/mol. The number of nitrogens with zero attached hydrogens (tertiary/aromatic N) is 1. The second-order valence-corrected chi connectivity index (χ2v) is 26.0. The normalized spacial score (nSPS) is 14.1. The largest absolute Gasteiger partial charge is 0.472 e. The maximum atomic E-state index is 13.0. The quantitative estimate of drug-likeness (QED) is 0.0243. The molecule has 0 saturated carbocycles. The number of carbonyl (C=O) groups is 1. The van der Waals surface area contributed by atoms with E-state index in [9.17, 15) is 19.4 Å². The van der Waals surface area contributed by atoms with Gasteiger partial charge >= 0.3 is 7.82 Å². The minimum Gasteiger partial charge on any atom is -0.387 e. The van der Waals surface area contributed by atoms with Crippen LogP contribution in [0.15, 0.2) is 72.9 Å². The molecule has 0 aliphatic rings. The van der Waals surface area contributed by atoms with Crippen molar-refractivity contribution >= 4 is 13.7 Å². The highest BCUT2D eigenvalue weighted by atomic mass is 31.2. The number of phosphoric ester groups is 1. The number of hydrogen-bond acceptors (Lipinski definition) is 5. The predicted molar refractivity (Wildman–Crippen MR) is 350 cm³/mol. The number of likely N-dealkylation sites (N-methyl/N-ethyl adjacent to an activating group) is 1. The van der Waals surface area contributed by atoms with Crippen molar-refractivity contribution in [1.29, 1.82) is 0 Å². The van der Waals surface area contributed by atoms with Crippen LogP contribution >= 0.6 is 7.82 Å². The lowest BCUT2D eigenvalue weighted by atomic mass is 10.0. The highest BCUT2D eigenvalue weighted by molar-refractivity contribution is 7.47. The van der Waals surface area contributed by atoms with Gasteiger partial charge in [-0.25, -0.2) is 4.57 Å². The lowest BCUT2D eigenvalue weighted by molar-refractivity contribution is -0.870. The number of unbranched alkanes of at least 4 members (excludes halogenated alkanes) is 40. The first-order valence-electron chi connectivity index (χ1n) is 34.3. The van der Waals surface area contributed by atoms with Crippen molar-refractivity contribution in [3.8, 4) is 0 Å². The summed E-state index contributed by atoms with van der Waals surface area (Å²) in [5, 5.41) is 14.0. The number of hydrogen-bond donors (Lipinski definition) is 3. The Morgan fingerprint density at radius 3 is 1.15 bits per heavy atom. The van der Waals surface area contributed by atoms with Gasteiger partial charge in [0.2, 0.25) is 5.91 Å². The summed E-state index contributed by atoms with van der Waals surface area (Å²) in [7, 11) is 1.56. The highest BCUT2D eigenvalue weighted by Gasteiger charge is 2.28. The third-order valence-corrected chi connectivity index (χ3v) is 16.4. The van der Waals surface area contributed by atoms with E-state index in [1.54, 1.807) is 6.08 Å². The third kappa shape index (κ3) is 63.5. The van der Waals surface area contributed by atoms with Crippen LogP contribution in [0.3, 0.4) is 0 Å². The molecule has 0 bridgehead atoms. The summed E-state index contributed by atoms with van der Waals surface area (Å²) in [5.41, 5.74) is 0. The maximum Gasteiger partial charge on any atom is 0.472 e. The van der Waals surface area contributed by atoms with Gasteiger partial charge in [-0.2, -0.15) is 0 Å². The molecule has 0 radical (unpaired) electrons. The van der Waals surface area contributed by atoms with Gasteiger partial charge in [0.1, 0.15) is 13.2 Å². The van der Waals surface area contributed by atoms with Crippen LogP contribution < -0.4 is 5.32 Å². The van der Waals surface area contributed by atoms with E-state index in [0.29, 0.717) is 17.4 Å². The van der Waals surface area contributed by atoms with Crippen LogP contribution in [-0.2, 0) is 18.4 Å². The molecule has 0 aliphatic carbocycles. The summed E-state index contributed by atoms with van der Waals surface area (Å²) in [6.07, 6.45) is 86.2. The number of amides is 1. The summed E-state index contributed by atoms with van der Waals surface area (Å²) in [6, 6.07) is -0.868. The zero-order chi connectivity index (χ0) is 58.4. The Bertz CT molecular complexity index is 1530. The number of nitrogens with one attached hydrogen (secondary N) is 1. The van der Waals surface area contributed by atoms with Crippen molar-refractivity contribution in [3.63, 3.8) is 0 Å². The van der Waals surface area contributed by atoms with Crippen molar-refractivity contribution in [2.24, 2.45) is 0 Å². The molecule has 3 atom stereocenters. The smallest absolute Gasteiger partial charge is 0.387 e. The molecule has 8 nitrogen and oxygen atoms in total. The van der Waals surface area contributed by atoms with E-state index in [-0.39, 0.29) is 19.1 Å². The molecule has 0 heterocycles. The molecule has 468 valence electrons. The van der Waals surface area contributed by atoms with Gasteiger partial charge < -0.3 is 19.8 Å². The second kappa shape index (κ2) is 61.5. The lowest BCUT2D eigenvalue weighted by Gasteiger charge is -2.25. The summed E-state index contributed by atoms with van der Waals surface area (Å²) in [6.45, 7) is 4.72. The van der Waals surface area contributed by atoms with Crippen LogP contribution in [0, 0.1) is 0 Å². The van der Waals surface area contributed by atoms with Crippen molar-refractivity contribution in [2.45, 2.75) is 334 Å². The van der Waals surface area contributed by atoms with Crippen LogP contribution in [-0.4, -0.2) is 73.4 Å². The van der Waals surface area contributed by atoms with E-state index < -0.39 is 20.0 Å². The molecule has 3 N–H and O–H groups in total. The minimum absolute atomic E-state index is 0.0551. The van der Waals surface area contributed by atoms with Crippen LogP contribution in [0.25, 0.3) is 0 Å².